The second kappa shape index (κ2) is 8.97. The van der Waals surface area contributed by atoms with Crippen molar-refractivity contribution in [2.45, 2.75) is 50.5 Å². The van der Waals surface area contributed by atoms with Crippen LogP contribution in [-0.4, -0.2) is 34.0 Å². The van der Waals surface area contributed by atoms with E-state index >= 15 is 0 Å². The van der Waals surface area contributed by atoms with Crippen molar-refractivity contribution in [3.63, 3.8) is 0 Å². The minimum atomic E-state index is -3.79. The van der Waals surface area contributed by atoms with E-state index in [0.29, 0.717) is 12.1 Å². The number of hydrogen-bond acceptors (Lipinski definition) is 4. The normalized spacial score (nSPS) is 14.7. The number of carbonyl (C=O) groups excluding carboxylic acids is 1. The molecule has 0 bridgehead atoms. The number of amides is 1. The summed E-state index contributed by atoms with van der Waals surface area (Å²) in [4.78, 5) is 14.9. The zero-order valence-electron chi connectivity index (χ0n) is 17.1. The lowest BCUT2D eigenvalue weighted by Crippen LogP contribution is -2.34. The van der Waals surface area contributed by atoms with Crippen LogP contribution in [0.1, 0.15) is 48.5 Å². The Labute approximate surface area is 172 Å². The van der Waals surface area contributed by atoms with Crippen LogP contribution in [0.5, 0.6) is 5.75 Å². The van der Waals surface area contributed by atoms with Gasteiger partial charge in [0.2, 0.25) is 10.0 Å². The quantitative estimate of drug-likeness (QED) is 0.743. The molecule has 1 amide bonds. The van der Waals surface area contributed by atoms with E-state index in [2.05, 4.69) is 4.72 Å². The van der Waals surface area contributed by atoms with Crippen LogP contribution in [-0.2, 0) is 10.0 Å². The highest BCUT2D eigenvalue weighted by molar-refractivity contribution is 7.89. The average Bonchev–Trinajstić information content (AvgIpc) is 3.21. The number of aryl methyl sites for hydroxylation is 1. The molecule has 1 aliphatic rings. The van der Waals surface area contributed by atoms with E-state index < -0.39 is 10.0 Å². The number of rotatable bonds is 7. The summed E-state index contributed by atoms with van der Waals surface area (Å²) in [5.74, 6) is -0.0206. The topological polar surface area (TPSA) is 75.7 Å². The van der Waals surface area contributed by atoms with Crippen molar-refractivity contribution in [2.24, 2.45) is 0 Å². The van der Waals surface area contributed by atoms with Gasteiger partial charge in [-0.15, -0.1) is 0 Å². The molecule has 0 heterocycles. The zero-order chi connectivity index (χ0) is 21.0. The molecule has 1 fully saturated rings. The predicted octanol–water partition coefficient (Wildman–Crippen LogP) is 3.89. The molecule has 0 radical (unpaired) electrons. The fourth-order valence-electron chi connectivity index (χ4n) is 3.79. The highest BCUT2D eigenvalue weighted by Crippen LogP contribution is 2.29. The molecule has 0 aliphatic heterocycles. The Morgan fingerprint density at radius 1 is 1.17 bits per heavy atom. The molecule has 0 unspecified atom stereocenters. The van der Waals surface area contributed by atoms with Gasteiger partial charge in [-0.05, 0) is 56.5 Å². The standard InChI is InChI=1S/C22H28N2O4S/c1-4-24(19-12-8-5-9-16(19)2)22(25)17-13-14-20(28-3)21(15-17)29(26,27)23-18-10-6-7-11-18/h5,8-9,12-15,18,23H,4,6-7,10-11H2,1-3H3. The van der Waals surface area contributed by atoms with Gasteiger partial charge in [0.25, 0.3) is 5.91 Å². The minimum absolute atomic E-state index is 0.00131. The summed E-state index contributed by atoms with van der Waals surface area (Å²) in [6, 6.07) is 12.1. The molecule has 7 heteroatoms. The van der Waals surface area contributed by atoms with Gasteiger partial charge in [0.05, 0.1) is 7.11 Å². The van der Waals surface area contributed by atoms with Gasteiger partial charge in [0, 0.05) is 23.8 Å². The van der Waals surface area contributed by atoms with E-state index in [1.807, 2.05) is 38.1 Å². The number of carbonyl (C=O) groups is 1. The molecule has 2 aromatic rings. The van der Waals surface area contributed by atoms with Crippen LogP contribution in [0.2, 0.25) is 0 Å². The molecule has 0 aromatic heterocycles. The molecular formula is C22H28N2O4S. The lowest BCUT2D eigenvalue weighted by Gasteiger charge is -2.23. The predicted molar refractivity (Wildman–Crippen MR) is 114 cm³/mol. The first-order valence-corrected chi connectivity index (χ1v) is 11.4. The lowest BCUT2D eigenvalue weighted by atomic mass is 10.1. The van der Waals surface area contributed by atoms with Crippen molar-refractivity contribution in [1.82, 2.24) is 4.72 Å². The molecule has 29 heavy (non-hydrogen) atoms. The lowest BCUT2D eigenvalue weighted by molar-refractivity contribution is 0.0988. The molecule has 1 N–H and O–H groups in total. The smallest absolute Gasteiger partial charge is 0.258 e. The first kappa shape index (κ1) is 21.3. The van der Waals surface area contributed by atoms with E-state index in [1.54, 1.807) is 17.0 Å². The van der Waals surface area contributed by atoms with Crippen molar-refractivity contribution >= 4 is 21.6 Å². The van der Waals surface area contributed by atoms with Gasteiger partial charge in [0.1, 0.15) is 10.6 Å². The molecule has 2 aromatic carbocycles. The number of sulfonamides is 1. The van der Waals surface area contributed by atoms with Crippen LogP contribution in [0.15, 0.2) is 47.4 Å². The molecule has 0 spiro atoms. The van der Waals surface area contributed by atoms with Gasteiger partial charge in [0.15, 0.2) is 0 Å². The molecule has 156 valence electrons. The second-order valence-corrected chi connectivity index (χ2v) is 8.99. The van der Waals surface area contributed by atoms with Gasteiger partial charge in [-0.25, -0.2) is 13.1 Å². The van der Waals surface area contributed by atoms with E-state index in [-0.39, 0.29) is 22.6 Å². The molecular weight excluding hydrogens is 388 g/mol. The largest absolute Gasteiger partial charge is 0.495 e. The van der Waals surface area contributed by atoms with Crippen molar-refractivity contribution in [2.75, 3.05) is 18.6 Å². The van der Waals surface area contributed by atoms with E-state index in [1.165, 1.54) is 13.2 Å². The maximum atomic E-state index is 13.2. The van der Waals surface area contributed by atoms with Crippen LogP contribution in [0.3, 0.4) is 0 Å². The highest BCUT2D eigenvalue weighted by atomic mass is 32.2. The molecule has 0 atom stereocenters. The molecule has 1 saturated carbocycles. The first-order valence-electron chi connectivity index (χ1n) is 9.95. The highest BCUT2D eigenvalue weighted by Gasteiger charge is 2.27. The van der Waals surface area contributed by atoms with Gasteiger partial charge in [-0.1, -0.05) is 31.0 Å². The van der Waals surface area contributed by atoms with Crippen LogP contribution in [0, 0.1) is 6.92 Å². The fraction of sp³-hybridized carbons (Fsp3) is 0.409. The molecule has 6 nitrogen and oxygen atoms in total. The maximum Gasteiger partial charge on any atom is 0.258 e. The van der Waals surface area contributed by atoms with Crippen molar-refractivity contribution in [3.05, 3.63) is 53.6 Å². The number of benzene rings is 2. The summed E-state index contributed by atoms with van der Waals surface area (Å²) >= 11 is 0. The van der Waals surface area contributed by atoms with Gasteiger partial charge in [-0.2, -0.15) is 0 Å². The Kier molecular flexibility index (Phi) is 6.59. The van der Waals surface area contributed by atoms with Gasteiger partial charge < -0.3 is 9.64 Å². The molecule has 1 aliphatic carbocycles. The maximum absolute atomic E-state index is 13.2. The van der Waals surface area contributed by atoms with Crippen molar-refractivity contribution in [3.8, 4) is 5.75 Å². The number of anilines is 1. The van der Waals surface area contributed by atoms with Crippen LogP contribution in [0.25, 0.3) is 0 Å². The summed E-state index contributed by atoms with van der Waals surface area (Å²) in [5, 5.41) is 0. The van der Waals surface area contributed by atoms with Gasteiger partial charge in [-0.3, -0.25) is 4.79 Å². The minimum Gasteiger partial charge on any atom is -0.495 e. The summed E-state index contributed by atoms with van der Waals surface area (Å²) in [6.45, 7) is 4.31. The number of para-hydroxylation sites is 1. The average molecular weight is 417 g/mol. The Bertz CT molecular complexity index is 982. The summed E-state index contributed by atoms with van der Waals surface area (Å²) in [5.41, 5.74) is 2.10. The van der Waals surface area contributed by atoms with E-state index in [9.17, 15) is 13.2 Å². The number of nitrogens with one attached hydrogen (secondary N) is 1. The third kappa shape index (κ3) is 4.62. The number of ether oxygens (including phenoxy) is 1. The van der Waals surface area contributed by atoms with Crippen LogP contribution in [0.4, 0.5) is 5.69 Å². The van der Waals surface area contributed by atoms with E-state index in [0.717, 1.165) is 36.9 Å². The summed E-state index contributed by atoms with van der Waals surface area (Å²) in [7, 11) is -2.37. The molecule has 3 rings (SSSR count). The Morgan fingerprint density at radius 3 is 2.48 bits per heavy atom. The SMILES string of the molecule is CCN(C(=O)c1ccc(OC)c(S(=O)(=O)NC2CCCC2)c1)c1ccccc1C. The van der Waals surface area contributed by atoms with Crippen molar-refractivity contribution in [1.29, 1.82) is 0 Å². The number of nitrogens with zero attached hydrogens (tertiary/aromatic N) is 1. The fourth-order valence-corrected chi connectivity index (χ4v) is 5.29. The van der Waals surface area contributed by atoms with E-state index in [4.69, 9.17) is 4.74 Å². The van der Waals surface area contributed by atoms with Crippen LogP contribution >= 0.6 is 0 Å². The Hall–Kier alpha value is -2.38. The third-order valence-corrected chi connectivity index (χ3v) is 6.89. The van der Waals surface area contributed by atoms with Gasteiger partial charge >= 0.3 is 0 Å². The zero-order valence-corrected chi connectivity index (χ0v) is 18.0. The third-order valence-electron chi connectivity index (χ3n) is 5.34. The summed E-state index contributed by atoms with van der Waals surface area (Å²) in [6.07, 6.45) is 3.70. The summed E-state index contributed by atoms with van der Waals surface area (Å²) < 4.78 is 34.0. The molecule has 0 saturated heterocycles. The van der Waals surface area contributed by atoms with Crippen LogP contribution < -0.4 is 14.4 Å². The second-order valence-electron chi connectivity index (χ2n) is 7.30. The number of hydrogen-bond donors (Lipinski definition) is 1. The monoisotopic (exact) mass is 416 g/mol. The number of methoxy groups -OCH3 is 1. The Balaban J connectivity index is 1.97. The van der Waals surface area contributed by atoms with Crippen molar-refractivity contribution < 1.29 is 17.9 Å². The first-order chi connectivity index (χ1) is 13.9. The Morgan fingerprint density at radius 2 is 1.86 bits per heavy atom.